The molecule has 21 heavy (non-hydrogen) atoms. The Morgan fingerprint density at radius 1 is 1.48 bits per heavy atom. The number of hydrogen-bond donors (Lipinski definition) is 1. The Balaban J connectivity index is 1.86. The molecule has 2 aromatic rings. The fraction of sp³-hybridized carbons (Fsp3) is 0.500. The third-order valence-corrected chi connectivity index (χ3v) is 4.95. The summed E-state index contributed by atoms with van der Waals surface area (Å²) in [5, 5.41) is 9.60. The minimum atomic E-state index is -0.0359. The zero-order chi connectivity index (χ0) is 15.0. The van der Waals surface area contributed by atoms with Crippen molar-refractivity contribution in [1.82, 2.24) is 15.1 Å². The summed E-state index contributed by atoms with van der Waals surface area (Å²) in [5.74, 6) is 0.558. The molecule has 1 aliphatic rings. The number of carbonyl (C=O) groups excluding carboxylic acids is 1. The van der Waals surface area contributed by atoms with E-state index in [0.29, 0.717) is 18.2 Å². The number of hydrogen-bond acceptors (Lipinski definition) is 3. The van der Waals surface area contributed by atoms with Gasteiger partial charge in [0, 0.05) is 29.6 Å². The van der Waals surface area contributed by atoms with E-state index in [1.54, 1.807) is 11.3 Å². The topological polar surface area (TPSA) is 46.9 Å². The van der Waals surface area contributed by atoms with Crippen molar-refractivity contribution >= 4 is 17.2 Å². The second-order valence-corrected chi connectivity index (χ2v) is 7.00. The zero-order valence-electron chi connectivity index (χ0n) is 12.8. The number of aromatic nitrogens is 2. The molecule has 0 atom stereocenters. The van der Waals surface area contributed by atoms with E-state index in [-0.39, 0.29) is 5.91 Å². The number of aryl methyl sites for hydroxylation is 2. The minimum Gasteiger partial charge on any atom is -0.351 e. The van der Waals surface area contributed by atoms with Crippen LogP contribution in [-0.4, -0.2) is 22.2 Å². The molecular weight excluding hydrogens is 282 g/mol. The van der Waals surface area contributed by atoms with E-state index in [1.165, 1.54) is 10.4 Å². The van der Waals surface area contributed by atoms with Crippen molar-refractivity contribution in [3.8, 4) is 11.3 Å². The lowest BCUT2D eigenvalue weighted by molar-refractivity contribution is 0.0945. The number of rotatable bonds is 4. The highest BCUT2D eigenvalue weighted by Gasteiger charge is 2.27. The molecule has 0 saturated carbocycles. The number of carbonyl (C=O) groups is 1. The van der Waals surface area contributed by atoms with Crippen molar-refractivity contribution in [2.45, 2.75) is 33.1 Å². The van der Waals surface area contributed by atoms with Gasteiger partial charge >= 0.3 is 0 Å². The molecule has 0 radical (unpaired) electrons. The van der Waals surface area contributed by atoms with E-state index >= 15 is 0 Å². The Labute approximate surface area is 129 Å². The Hall–Kier alpha value is -1.62. The monoisotopic (exact) mass is 303 g/mol. The van der Waals surface area contributed by atoms with Crippen LogP contribution in [0.4, 0.5) is 0 Å². The van der Waals surface area contributed by atoms with Gasteiger partial charge in [-0.25, -0.2) is 0 Å². The Bertz CT molecular complexity index is 669. The van der Waals surface area contributed by atoms with Crippen molar-refractivity contribution in [2.24, 2.45) is 13.0 Å². The van der Waals surface area contributed by atoms with Crippen LogP contribution >= 0.6 is 11.3 Å². The standard InChI is InChI=1S/C16H21N3OS/c1-10(2)6-8-17-16(20)14-12-4-5-13-11(7-9-21-13)15(12)19(3)18-14/h7,9-10H,4-6,8H2,1-3H3,(H,17,20). The van der Waals surface area contributed by atoms with Gasteiger partial charge in [0.15, 0.2) is 5.69 Å². The summed E-state index contributed by atoms with van der Waals surface area (Å²) in [5.41, 5.74) is 4.07. The van der Waals surface area contributed by atoms with Gasteiger partial charge in [0.1, 0.15) is 0 Å². The molecule has 0 aromatic carbocycles. The van der Waals surface area contributed by atoms with Crippen molar-refractivity contribution in [3.05, 3.63) is 27.6 Å². The lowest BCUT2D eigenvalue weighted by atomic mass is 9.94. The normalized spacial score (nSPS) is 13.1. The largest absolute Gasteiger partial charge is 0.351 e. The van der Waals surface area contributed by atoms with Crippen LogP contribution in [0.2, 0.25) is 0 Å². The molecule has 2 aromatic heterocycles. The van der Waals surface area contributed by atoms with Gasteiger partial charge in [0.05, 0.1) is 5.69 Å². The molecule has 0 bridgehead atoms. The summed E-state index contributed by atoms with van der Waals surface area (Å²) < 4.78 is 1.86. The van der Waals surface area contributed by atoms with Crippen molar-refractivity contribution < 1.29 is 4.79 Å². The van der Waals surface area contributed by atoms with Gasteiger partial charge in [-0.05, 0) is 36.6 Å². The summed E-state index contributed by atoms with van der Waals surface area (Å²) in [4.78, 5) is 13.8. The number of nitrogens with one attached hydrogen (secondary N) is 1. The average Bonchev–Trinajstić information content (AvgIpc) is 3.02. The van der Waals surface area contributed by atoms with Gasteiger partial charge in [-0.3, -0.25) is 9.48 Å². The van der Waals surface area contributed by atoms with Gasteiger partial charge in [0.25, 0.3) is 5.91 Å². The third-order valence-electron chi connectivity index (χ3n) is 3.97. The highest BCUT2D eigenvalue weighted by molar-refractivity contribution is 7.10. The van der Waals surface area contributed by atoms with Crippen molar-refractivity contribution in [2.75, 3.05) is 6.54 Å². The minimum absolute atomic E-state index is 0.0359. The fourth-order valence-corrected chi connectivity index (χ4v) is 3.75. The molecule has 5 heteroatoms. The van der Waals surface area contributed by atoms with Gasteiger partial charge in [0.2, 0.25) is 0 Å². The average molecular weight is 303 g/mol. The molecule has 2 heterocycles. The second kappa shape index (κ2) is 5.64. The summed E-state index contributed by atoms with van der Waals surface area (Å²) >= 11 is 1.79. The molecule has 3 rings (SSSR count). The van der Waals surface area contributed by atoms with E-state index in [0.717, 1.165) is 30.5 Å². The maximum Gasteiger partial charge on any atom is 0.272 e. The van der Waals surface area contributed by atoms with Crippen LogP contribution in [-0.2, 0) is 19.9 Å². The van der Waals surface area contributed by atoms with Crippen LogP contribution in [0.15, 0.2) is 11.4 Å². The molecule has 1 amide bonds. The summed E-state index contributed by atoms with van der Waals surface area (Å²) in [6.07, 6.45) is 2.91. The lowest BCUT2D eigenvalue weighted by Crippen LogP contribution is -2.27. The SMILES string of the molecule is CC(C)CCNC(=O)c1nn(C)c2c1CCc1sccc1-2. The van der Waals surface area contributed by atoms with Crippen LogP contribution in [0.5, 0.6) is 0 Å². The van der Waals surface area contributed by atoms with Crippen LogP contribution < -0.4 is 5.32 Å². The summed E-state index contributed by atoms with van der Waals surface area (Å²) in [7, 11) is 1.93. The molecule has 112 valence electrons. The summed E-state index contributed by atoms with van der Waals surface area (Å²) in [6, 6.07) is 2.14. The van der Waals surface area contributed by atoms with Gasteiger partial charge in [-0.1, -0.05) is 13.8 Å². The molecule has 0 unspecified atom stereocenters. The smallest absolute Gasteiger partial charge is 0.272 e. The molecule has 1 aliphatic carbocycles. The first-order valence-electron chi connectivity index (χ1n) is 7.48. The maximum atomic E-state index is 12.4. The van der Waals surface area contributed by atoms with Gasteiger partial charge in [-0.15, -0.1) is 11.3 Å². The number of nitrogens with zero attached hydrogens (tertiary/aromatic N) is 2. The van der Waals surface area contributed by atoms with E-state index in [1.807, 2.05) is 11.7 Å². The van der Waals surface area contributed by atoms with E-state index in [4.69, 9.17) is 0 Å². The molecule has 0 saturated heterocycles. The third kappa shape index (κ3) is 2.62. The van der Waals surface area contributed by atoms with E-state index in [9.17, 15) is 4.79 Å². The highest BCUT2D eigenvalue weighted by Crippen LogP contribution is 2.37. The Kier molecular flexibility index (Phi) is 3.85. The van der Waals surface area contributed by atoms with Gasteiger partial charge in [-0.2, -0.15) is 5.10 Å². The predicted octanol–water partition coefficient (Wildman–Crippen LogP) is 3.02. The van der Waals surface area contributed by atoms with Gasteiger partial charge < -0.3 is 5.32 Å². The van der Waals surface area contributed by atoms with Crippen molar-refractivity contribution in [1.29, 1.82) is 0 Å². The first kappa shape index (κ1) is 14.3. The van der Waals surface area contributed by atoms with Crippen molar-refractivity contribution in [3.63, 3.8) is 0 Å². The van der Waals surface area contributed by atoms with Crippen LogP contribution in [0.25, 0.3) is 11.3 Å². The molecule has 1 N–H and O–H groups in total. The number of thiophene rings is 1. The quantitative estimate of drug-likeness (QED) is 0.943. The van der Waals surface area contributed by atoms with E-state index < -0.39 is 0 Å². The van der Waals surface area contributed by atoms with Crippen LogP contribution in [0.1, 0.15) is 41.2 Å². The first-order valence-corrected chi connectivity index (χ1v) is 8.36. The highest BCUT2D eigenvalue weighted by atomic mass is 32.1. The fourth-order valence-electron chi connectivity index (χ4n) is 2.87. The Morgan fingerprint density at radius 2 is 2.29 bits per heavy atom. The molecule has 0 spiro atoms. The predicted molar refractivity (Wildman–Crippen MR) is 85.7 cm³/mol. The second-order valence-electron chi connectivity index (χ2n) is 6.00. The van der Waals surface area contributed by atoms with Crippen LogP contribution in [0.3, 0.4) is 0 Å². The van der Waals surface area contributed by atoms with Crippen LogP contribution in [0, 0.1) is 5.92 Å². The number of amides is 1. The summed E-state index contributed by atoms with van der Waals surface area (Å²) in [6.45, 7) is 5.03. The zero-order valence-corrected chi connectivity index (χ0v) is 13.6. The molecule has 4 nitrogen and oxygen atoms in total. The maximum absolute atomic E-state index is 12.4. The van der Waals surface area contributed by atoms with E-state index in [2.05, 4.69) is 35.7 Å². The Morgan fingerprint density at radius 3 is 3.05 bits per heavy atom. The molecule has 0 aliphatic heterocycles. The lowest BCUT2D eigenvalue weighted by Gasteiger charge is -2.13. The molecular formula is C16H21N3OS. The molecule has 0 fully saturated rings. The first-order chi connectivity index (χ1) is 10.1. The number of fused-ring (bicyclic) bond motifs is 3.